The number of rotatable bonds is 8. The number of hydrogen-bond donors (Lipinski definition) is 0. The smallest absolute Gasteiger partial charge is 0.232 e. The van der Waals surface area contributed by atoms with Crippen molar-refractivity contribution in [3.63, 3.8) is 0 Å². The monoisotopic (exact) mass is 589 g/mol. The molecule has 2 amide bonds. The van der Waals surface area contributed by atoms with Crippen LogP contribution >= 0.6 is 11.6 Å². The molecular formula is C34H40ClN3O4. The Morgan fingerprint density at radius 2 is 1.64 bits per heavy atom. The third-order valence-corrected chi connectivity index (χ3v) is 8.89. The molecule has 2 unspecified atom stereocenters. The number of carbonyl (C=O) groups excluding carboxylic acids is 2. The lowest BCUT2D eigenvalue weighted by Crippen LogP contribution is -2.48. The van der Waals surface area contributed by atoms with Crippen LogP contribution in [-0.4, -0.2) is 61.0 Å². The molecule has 0 aliphatic carbocycles. The Balaban J connectivity index is 1.49. The van der Waals surface area contributed by atoms with Crippen molar-refractivity contribution < 1.29 is 19.1 Å². The molecule has 222 valence electrons. The Morgan fingerprint density at radius 1 is 0.976 bits per heavy atom. The number of amides is 2. The van der Waals surface area contributed by atoms with Crippen LogP contribution in [0, 0.1) is 0 Å². The molecule has 7 nitrogen and oxygen atoms in total. The molecule has 1 saturated heterocycles. The number of fused-ring (bicyclic) bond motifs is 1. The van der Waals surface area contributed by atoms with Gasteiger partial charge in [0.25, 0.3) is 0 Å². The van der Waals surface area contributed by atoms with Gasteiger partial charge in [-0.05, 0) is 78.9 Å². The Kier molecular flexibility index (Phi) is 9.09. The van der Waals surface area contributed by atoms with Gasteiger partial charge in [0, 0.05) is 49.9 Å². The number of methoxy groups -OCH3 is 1. The predicted octanol–water partition coefficient (Wildman–Crippen LogP) is 6.43. The van der Waals surface area contributed by atoms with E-state index in [0.29, 0.717) is 16.5 Å². The van der Waals surface area contributed by atoms with Gasteiger partial charge in [-0.1, -0.05) is 42.8 Å². The van der Waals surface area contributed by atoms with Crippen molar-refractivity contribution in [2.75, 3.05) is 38.2 Å². The van der Waals surface area contributed by atoms with Gasteiger partial charge in [-0.2, -0.15) is 0 Å². The van der Waals surface area contributed by atoms with Crippen molar-refractivity contribution in [2.24, 2.45) is 0 Å². The highest BCUT2D eigenvalue weighted by Crippen LogP contribution is 2.44. The van der Waals surface area contributed by atoms with Gasteiger partial charge in [0.05, 0.1) is 25.7 Å². The lowest BCUT2D eigenvalue weighted by molar-refractivity contribution is -0.130. The van der Waals surface area contributed by atoms with Gasteiger partial charge in [0.2, 0.25) is 11.8 Å². The number of halogens is 1. The normalized spacial score (nSPS) is 18.8. The summed E-state index contributed by atoms with van der Waals surface area (Å²) in [6.07, 6.45) is 1.15. The van der Waals surface area contributed by atoms with Crippen molar-refractivity contribution in [1.82, 2.24) is 9.80 Å². The summed E-state index contributed by atoms with van der Waals surface area (Å²) >= 11 is 6.27. The fraction of sp³-hybridized carbons (Fsp3) is 0.412. The van der Waals surface area contributed by atoms with E-state index in [1.54, 1.807) is 14.0 Å². The summed E-state index contributed by atoms with van der Waals surface area (Å²) in [5.41, 5.74) is 4.92. The van der Waals surface area contributed by atoms with Gasteiger partial charge in [-0.25, -0.2) is 0 Å². The van der Waals surface area contributed by atoms with Crippen LogP contribution < -0.4 is 14.4 Å². The van der Waals surface area contributed by atoms with E-state index in [2.05, 4.69) is 30.9 Å². The number of ether oxygens (including phenoxy) is 2. The van der Waals surface area contributed by atoms with Crippen LogP contribution in [0.5, 0.6) is 11.5 Å². The van der Waals surface area contributed by atoms with Gasteiger partial charge in [0.15, 0.2) is 11.5 Å². The molecule has 8 heteroatoms. The highest BCUT2D eigenvalue weighted by atomic mass is 35.5. The zero-order valence-electron chi connectivity index (χ0n) is 25.1. The molecule has 2 aliphatic rings. The van der Waals surface area contributed by atoms with Crippen LogP contribution in [0.3, 0.4) is 0 Å². The average molecular weight is 590 g/mol. The van der Waals surface area contributed by atoms with Crippen molar-refractivity contribution >= 4 is 29.1 Å². The summed E-state index contributed by atoms with van der Waals surface area (Å²) in [5, 5.41) is 0.644. The quantitative estimate of drug-likeness (QED) is 0.303. The number of hydrogen-bond acceptors (Lipinski definition) is 5. The molecular weight excluding hydrogens is 550 g/mol. The molecule has 3 aromatic rings. The molecule has 2 heterocycles. The van der Waals surface area contributed by atoms with E-state index < -0.39 is 0 Å². The Labute approximate surface area is 254 Å². The van der Waals surface area contributed by atoms with E-state index in [9.17, 15) is 9.59 Å². The van der Waals surface area contributed by atoms with Gasteiger partial charge in [-0.3, -0.25) is 14.5 Å². The minimum absolute atomic E-state index is 0.0150. The average Bonchev–Trinajstić information content (AvgIpc) is 3.00. The summed E-state index contributed by atoms with van der Waals surface area (Å²) in [6.45, 7) is 11.1. The zero-order chi connectivity index (χ0) is 30.0. The second-order valence-electron chi connectivity index (χ2n) is 11.2. The standard InChI is InChI=1S/C34H40ClN3O4/c1-6-22(2)42-32-21-30-27(19-31(32)41-5)20-33(40)38(34(30)26-7-11-28(35)12-8-26)29-13-9-25(10-14-29)23(3)36-15-17-37(18-16-36)24(4)39/h7-14,19,21-23,34H,6,15-18,20H2,1-5H3/t22-,23?,34?/m1/s1. The lowest BCUT2D eigenvalue weighted by Gasteiger charge is -2.39. The molecule has 0 bridgehead atoms. The summed E-state index contributed by atoms with van der Waals surface area (Å²) in [7, 11) is 1.63. The van der Waals surface area contributed by atoms with E-state index in [4.69, 9.17) is 21.1 Å². The van der Waals surface area contributed by atoms with Gasteiger partial charge >= 0.3 is 0 Å². The first kappa shape index (κ1) is 29.9. The number of nitrogens with zero attached hydrogens (tertiary/aromatic N) is 3. The predicted molar refractivity (Wildman–Crippen MR) is 167 cm³/mol. The molecule has 0 N–H and O–H groups in total. The van der Waals surface area contributed by atoms with Gasteiger partial charge < -0.3 is 19.3 Å². The first-order valence-electron chi connectivity index (χ1n) is 14.7. The van der Waals surface area contributed by atoms with Crippen LogP contribution in [0.25, 0.3) is 0 Å². The van der Waals surface area contributed by atoms with Gasteiger partial charge in [0.1, 0.15) is 0 Å². The van der Waals surface area contributed by atoms with Crippen LogP contribution in [0.1, 0.15) is 68.5 Å². The number of benzene rings is 3. The molecule has 3 aromatic carbocycles. The van der Waals surface area contributed by atoms with Crippen molar-refractivity contribution in [1.29, 1.82) is 0 Å². The van der Waals surface area contributed by atoms with E-state index in [1.807, 2.05) is 65.3 Å². The van der Waals surface area contributed by atoms with Crippen LogP contribution in [0.15, 0.2) is 60.7 Å². The largest absolute Gasteiger partial charge is 0.493 e. The van der Waals surface area contributed by atoms with E-state index in [-0.39, 0.29) is 36.4 Å². The summed E-state index contributed by atoms with van der Waals surface area (Å²) in [5.74, 6) is 1.45. The summed E-state index contributed by atoms with van der Waals surface area (Å²) in [4.78, 5) is 31.8. The third-order valence-electron chi connectivity index (χ3n) is 8.64. The topological polar surface area (TPSA) is 62.3 Å². The maximum atomic E-state index is 13.9. The number of carbonyl (C=O) groups is 2. The minimum atomic E-state index is -0.355. The SMILES string of the molecule is CC[C@@H](C)Oc1cc2c(cc1OC)CC(=O)N(c1ccc(C(C)N3CCN(C(C)=O)CC3)cc1)C2c1ccc(Cl)cc1. The molecule has 0 spiro atoms. The zero-order valence-corrected chi connectivity index (χ0v) is 25.9. The first-order valence-corrected chi connectivity index (χ1v) is 15.1. The highest BCUT2D eigenvalue weighted by molar-refractivity contribution is 6.30. The highest BCUT2D eigenvalue weighted by Gasteiger charge is 2.36. The van der Waals surface area contributed by atoms with Crippen molar-refractivity contribution in [3.8, 4) is 11.5 Å². The maximum absolute atomic E-state index is 13.9. The van der Waals surface area contributed by atoms with Crippen LogP contribution in [-0.2, 0) is 16.0 Å². The van der Waals surface area contributed by atoms with Crippen LogP contribution in [0.2, 0.25) is 5.02 Å². The maximum Gasteiger partial charge on any atom is 0.232 e. The molecule has 5 rings (SSSR count). The minimum Gasteiger partial charge on any atom is -0.493 e. The first-order chi connectivity index (χ1) is 20.2. The molecule has 2 aliphatic heterocycles. The Bertz CT molecular complexity index is 1420. The van der Waals surface area contributed by atoms with E-state index >= 15 is 0 Å². The number of anilines is 1. The van der Waals surface area contributed by atoms with Crippen molar-refractivity contribution in [2.45, 2.75) is 58.7 Å². The Hall–Kier alpha value is -3.55. The fourth-order valence-corrected chi connectivity index (χ4v) is 6.05. The molecule has 1 fully saturated rings. The second kappa shape index (κ2) is 12.8. The molecule has 0 saturated carbocycles. The van der Waals surface area contributed by atoms with Gasteiger partial charge in [-0.15, -0.1) is 0 Å². The van der Waals surface area contributed by atoms with Crippen LogP contribution in [0.4, 0.5) is 5.69 Å². The summed E-state index contributed by atoms with van der Waals surface area (Å²) in [6, 6.07) is 19.9. The fourth-order valence-electron chi connectivity index (χ4n) is 5.92. The van der Waals surface area contributed by atoms with E-state index in [1.165, 1.54) is 5.56 Å². The molecule has 0 radical (unpaired) electrons. The molecule has 42 heavy (non-hydrogen) atoms. The lowest BCUT2D eigenvalue weighted by atomic mass is 9.86. The van der Waals surface area contributed by atoms with E-state index in [0.717, 1.165) is 55.0 Å². The molecule has 0 aromatic heterocycles. The second-order valence-corrected chi connectivity index (χ2v) is 11.7. The van der Waals surface area contributed by atoms with Crippen molar-refractivity contribution in [3.05, 3.63) is 87.9 Å². The third kappa shape index (κ3) is 6.13. The number of piperazine rings is 1. The Morgan fingerprint density at radius 3 is 2.24 bits per heavy atom. The summed E-state index contributed by atoms with van der Waals surface area (Å²) < 4.78 is 11.9. The molecule has 3 atom stereocenters.